The van der Waals surface area contributed by atoms with Crippen molar-refractivity contribution in [3.63, 3.8) is 0 Å². The number of nitrogens with zero attached hydrogens (tertiary/aromatic N) is 1. The number of carbonyl (C=O) groups is 1. The average molecular weight is 433 g/mol. The average Bonchev–Trinajstić information content (AvgIpc) is 3.21. The van der Waals surface area contributed by atoms with Crippen LogP contribution < -0.4 is 4.74 Å². The number of benzene rings is 2. The lowest BCUT2D eigenvalue weighted by Gasteiger charge is -2.36. The molecule has 0 bridgehead atoms. The van der Waals surface area contributed by atoms with Gasteiger partial charge in [0.1, 0.15) is 5.75 Å². The second kappa shape index (κ2) is 8.12. The summed E-state index contributed by atoms with van der Waals surface area (Å²) in [4.78, 5) is 16.2. The molecule has 1 aliphatic rings. The maximum absolute atomic E-state index is 13.3. The molecule has 4 rings (SSSR count). The number of aliphatic hydroxyl groups is 1. The highest BCUT2D eigenvalue weighted by Gasteiger charge is 2.34. The third-order valence-electron chi connectivity index (χ3n) is 5.04. The lowest BCUT2D eigenvalue weighted by Crippen LogP contribution is -2.40. The Labute approximate surface area is 175 Å². The Morgan fingerprint density at radius 3 is 2.43 bits per heavy atom. The summed E-state index contributed by atoms with van der Waals surface area (Å²) < 4.78 is 41.4. The Hall–Kier alpha value is -2.84. The van der Waals surface area contributed by atoms with Crippen molar-refractivity contribution in [2.45, 2.75) is 25.4 Å². The van der Waals surface area contributed by atoms with Gasteiger partial charge in [-0.2, -0.15) is 0 Å². The topological polar surface area (TPSA) is 49.8 Å². The monoisotopic (exact) mass is 433 g/mol. The van der Waals surface area contributed by atoms with E-state index in [-0.39, 0.29) is 18.3 Å². The first-order chi connectivity index (χ1) is 14.4. The van der Waals surface area contributed by atoms with E-state index in [0.29, 0.717) is 23.2 Å². The number of hydrogen-bond acceptors (Lipinski definition) is 4. The summed E-state index contributed by atoms with van der Waals surface area (Å²) in [5.74, 6) is -0.470. The quantitative estimate of drug-likeness (QED) is 0.635. The number of halogens is 3. The van der Waals surface area contributed by atoms with Crippen LogP contribution in [0.25, 0.3) is 0 Å². The first-order valence-corrected chi connectivity index (χ1v) is 10.2. The molecule has 1 atom stereocenters. The molecule has 2 aromatic carbocycles. The highest BCUT2D eigenvalue weighted by molar-refractivity contribution is 7.10. The van der Waals surface area contributed by atoms with Gasteiger partial charge in [0.15, 0.2) is 0 Å². The maximum atomic E-state index is 13.3. The van der Waals surface area contributed by atoms with Crippen LogP contribution in [0.1, 0.15) is 38.0 Å². The fourth-order valence-corrected chi connectivity index (χ4v) is 4.57. The second-order valence-electron chi connectivity index (χ2n) is 6.92. The predicted molar refractivity (Wildman–Crippen MR) is 106 cm³/mol. The molecule has 1 amide bonds. The first kappa shape index (κ1) is 20.4. The molecule has 0 fully saturated rings. The molecule has 0 radical (unpaired) electrons. The lowest BCUT2D eigenvalue weighted by molar-refractivity contribution is -0.274. The first-order valence-electron chi connectivity index (χ1n) is 9.28. The number of thiophene rings is 1. The second-order valence-corrected chi connectivity index (χ2v) is 7.92. The zero-order valence-corrected chi connectivity index (χ0v) is 16.5. The largest absolute Gasteiger partial charge is 0.573 e. The number of fused-ring (bicyclic) bond motifs is 1. The molecule has 2 heterocycles. The maximum Gasteiger partial charge on any atom is 0.573 e. The molecule has 0 aliphatic carbocycles. The van der Waals surface area contributed by atoms with Gasteiger partial charge in [0.2, 0.25) is 0 Å². The van der Waals surface area contributed by atoms with Gasteiger partial charge in [0.25, 0.3) is 5.91 Å². The van der Waals surface area contributed by atoms with Crippen LogP contribution in [-0.2, 0) is 13.0 Å². The van der Waals surface area contributed by atoms with Crippen molar-refractivity contribution >= 4 is 17.2 Å². The summed E-state index contributed by atoms with van der Waals surface area (Å²) in [6.07, 6.45) is -4.03. The van der Waals surface area contributed by atoms with Gasteiger partial charge >= 0.3 is 6.36 Å². The van der Waals surface area contributed by atoms with Crippen LogP contribution in [0.3, 0.4) is 0 Å². The Kier molecular flexibility index (Phi) is 5.53. The molecule has 1 unspecified atom stereocenters. The predicted octanol–water partition coefficient (Wildman–Crippen LogP) is 4.93. The van der Waals surface area contributed by atoms with E-state index in [1.54, 1.807) is 52.6 Å². The molecule has 4 nitrogen and oxygen atoms in total. The van der Waals surface area contributed by atoms with Gasteiger partial charge in [-0.05, 0) is 58.8 Å². The number of hydrogen-bond donors (Lipinski definition) is 1. The fourth-order valence-electron chi connectivity index (χ4n) is 3.66. The minimum Gasteiger partial charge on any atom is -0.406 e. The highest BCUT2D eigenvalue weighted by Crippen LogP contribution is 2.39. The molecule has 30 heavy (non-hydrogen) atoms. The number of alkyl halides is 3. The van der Waals surface area contributed by atoms with Crippen molar-refractivity contribution in [2.75, 3.05) is 6.54 Å². The van der Waals surface area contributed by atoms with Crippen LogP contribution in [0.15, 0.2) is 60.0 Å². The zero-order chi connectivity index (χ0) is 21.3. The minimum atomic E-state index is -4.75. The number of ether oxygens (including phenoxy) is 1. The van der Waals surface area contributed by atoms with Gasteiger partial charge in [-0.3, -0.25) is 4.79 Å². The van der Waals surface area contributed by atoms with Gasteiger partial charge in [-0.15, -0.1) is 24.5 Å². The summed E-state index contributed by atoms with van der Waals surface area (Å²) >= 11 is 1.61. The van der Waals surface area contributed by atoms with E-state index in [1.165, 1.54) is 12.1 Å². The van der Waals surface area contributed by atoms with Gasteiger partial charge in [0.05, 0.1) is 12.6 Å². The minimum absolute atomic E-state index is 0.106. The molecular formula is C22H18F3NO3S. The van der Waals surface area contributed by atoms with E-state index < -0.39 is 12.4 Å². The van der Waals surface area contributed by atoms with E-state index in [4.69, 9.17) is 0 Å². The van der Waals surface area contributed by atoms with Crippen molar-refractivity contribution in [1.29, 1.82) is 0 Å². The van der Waals surface area contributed by atoms with Crippen LogP contribution in [-0.4, -0.2) is 28.8 Å². The third kappa shape index (κ3) is 4.20. The van der Waals surface area contributed by atoms with Gasteiger partial charge < -0.3 is 14.7 Å². The smallest absolute Gasteiger partial charge is 0.406 e. The lowest BCUT2D eigenvalue weighted by atomic mass is 9.92. The van der Waals surface area contributed by atoms with Crippen molar-refractivity contribution < 1.29 is 27.8 Å². The van der Waals surface area contributed by atoms with Crippen molar-refractivity contribution in [3.8, 4) is 5.75 Å². The van der Waals surface area contributed by atoms with E-state index >= 15 is 0 Å². The zero-order valence-electron chi connectivity index (χ0n) is 15.7. The Morgan fingerprint density at radius 1 is 1.10 bits per heavy atom. The number of rotatable bonds is 4. The van der Waals surface area contributed by atoms with Crippen LogP contribution >= 0.6 is 11.3 Å². The Bertz CT molecular complexity index is 1030. The van der Waals surface area contributed by atoms with Crippen LogP contribution in [0.2, 0.25) is 0 Å². The van der Waals surface area contributed by atoms with E-state index in [0.717, 1.165) is 16.9 Å². The van der Waals surface area contributed by atoms with E-state index in [9.17, 15) is 23.1 Å². The molecule has 0 saturated heterocycles. The van der Waals surface area contributed by atoms with Crippen LogP contribution in [0, 0.1) is 0 Å². The molecule has 0 saturated carbocycles. The van der Waals surface area contributed by atoms with E-state index in [2.05, 4.69) is 4.74 Å². The molecule has 1 aliphatic heterocycles. The summed E-state index contributed by atoms with van der Waals surface area (Å²) in [5, 5.41) is 11.2. The molecule has 1 N–H and O–H groups in total. The van der Waals surface area contributed by atoms with Gasteiger partial charge in [-0.1, -0.05) is 24.3 Å². The summed E-state index contributed by atoms with van der Waals surface area (Å²) in [7, 11) is 0. The molecular weight excluding hydrogens is 415 g/mol. The molecule has 1 aromatic heterocycles. The van der Waals surface area contributed by atoms with Gasteiger partial charge in [0, 0.05) is 17.0 Å². The SMILES string of the molecule is O=C(c1ccc(CO)cc1)N1CCc2sccc2C1c1ccc(OC(F)(F)F)cc1. The third-order valence-corrected chi connectivity index (χ3v) is 6.04. The van der Waals surface area contributed by atoms with Crippen molar-refractivity contribution in [3.05, 3.63) is 87.1 Å². The number of carbonyl (C=O) groups excluding carboxylic acids is 1. The summed E-state index contributed by atoms with van der Waals surface area (Å²) in [6, 6.07) is 14.0. The van der Waals surface area contributed by atoms with E-state index in [1.807, 2.05) is 11.4 Å². The fraction of sp³-hybridized carbons (Fsp3) is 0.227. The Morgan fingerprint density at radius 2 is 1.80 bits per heavy atom. The molecule has 3 aromatic rings. The standard InChI is InChI=1S/C22H18F3NO3S/c23-22(24,25)29-17-7-5-15(6-8-17)20-18-10-12-30-19(18)9-11-26(20)21(28)16-3-1-14(13-27)2-4-16/h1-8,10,12,20,27H,9,11,13H2. The molecule has 0 spiro atoms. The Balaban J connectivity index is 1.67. The summed E-state index contributed by atoms with van der Waals surface area (Å²) in [5.41, 5.74) is 2.90. The number of aliphatic hydroxyl groups excluding tert-OH is 1. The molecule has 156 valence electrons. The summed E-state index contributed by atoms with van der Waals surface area (Å²) in [6.45, 7) is 0.394. The van der Waals surface area contributed by atoms with Crippen molar-refractivity contribution in [1.82, 2.24) is 4.90 Å². The van der Waals surface area contributed by atoms with Gasteiger partial charge in [-0.25, -0.2) is 0 Å². The normalized spacial score (nSPS) is 16.3. The number of amides is 1. The van der Waals surface area contributed by atoms with Crippen LogP contribution in [0.4, 0.5) is 13.2 Å². The highest BCUT2D eigenvalue weighted by atomic mass is 32.1. The van der Waals surface area contributed by atoms with Crippen molar-refractivity contribution in [2.24, 2.45) is 0 Å². The molecule has 8 heteroatoms. The van der Waals surface area contributed by atoms with Crippen LogP contribution in [0.5, 0.6) is 5.75 Å².